The van der Waals surface area contributed by atoms with E-state index in [-0.39, 0.29) is 6.61 Å². The van der Waals surface area contributed by atoms with Crippen LogP contribution in [0.3, 0.4) is 0 Å². The summed E-state index contributed by atoms with van der Waals surface area (Å²) in [6.07, 6.45) is 2.56. The van der Waals surface area contributed by atoms with Crippen molar-refractivity contribution >= 4 is 18.0 Å². The van der Waals surface area contributed by atoms with E-state index in [0.29, 0.717) is 35.5 Å². The fourth-order valence-corrected chi connectivity index (χ4v) is 2.94. The maximum Gasteiger partial charge on any atom is 0.479 e. The molecule has 0 atom stereocenters. The molecule has 2 aromatic heterocycles. The van der Waals surface area contributed by atoms with Crippen molar-refractivity contribution in [2.24, 2.45) is 7.05 Å². The van der Waals surface area contributed by atoms with E-state index < -0.39 is 29.5 Å². The summed E-state index contributed by atoms with van der Waals surface area (Å²) in [6, 6.07) is -0.396. The van der Waals surface area contributed by atoms with Gasteiger partial charge in [0.2, 0.25) is 0 Å². The highest BCUT2D eigenvalue weighted by atomic mass is 32.2. The summed E-state index contributed by atoms with van der Waals surface area (Å²) in [6.45, 7) is 1.94. The van der Waals surface area contributed by atoms with Crippen molar-refractivity contribution in [3.63, 3.8) is 0 Å². The Morgan fingerprint density at radius 1 is 1.44 bits per heavy atom. The number of aromatic amines is 1. The summed E-state index contributed by atoms with van der Waals surface area (Å²) in [7, 11) is 1.68. The summed E-state index contributed by atoms with van der Waals surface area (Å²) in [5.41, 5.74) is -1.73. The van der Waals surface area contributed by atoms with Crippen molar-refractivity contribution in [2.75, 3.05) is 6.61 Å². The average molecular weight is 375 g/mol. The third kappa shape index (κ3) is 3.55. The van der Waals surface area contributed by atoms with Gasteiger partial charge >= 0.3 is 17.5 Å². The highest BCUT2D eigenvalue weighted by Crippen LogP contribution is 2.34. The Hall–Kier alpha value is -2.30. The summed E-state index contributed by atoms with van der Waals surface area (Å²) >= 11 is -0.674. The van der Waals surface area contributed by atoms with Crippen LogP contribution in [0.5, 0.6) is 6.01 Å². The second kappa shape index (κ2) is 6.54. The molecule has 0 aliphatic heterocycles. The number of aryl methyl sites for hydroxylation is 2. The zero-order valence-corrected chi connectivity index (χ0v) is 14.1. The van der Waals surface area contributed by atoms with E-state index in [1.54, 1.807) is 18.7 Å². The second-order valence-electron chi connectivity index (χ2n) is 5.23. The molecule has 0 bridgehead atoms. The molecule has 0 aromatic carbocycles. The lowest BCUT2D eigenvalue weighted by atomic mass is 9.93. The minimum Gasteiger partial charge on any atom is -0.461 e. The number of nitrogens with one attached hydrogen (secondary N) is 1. The smallest absolute Gasteiger partial charge is 0.461 e. The van der Waals surface area contributed by atoms with Crippen LogP contribution in [0.25, 0.3) is 11.4 Å². The number of fused-ring (bicyclic) bond motifs is 3. The Labute approximate surface area is 144 Å². The highest BCUT2D eigenvalue weighted by molar-refractivity contribution is 7.95. The number of nitrogens with zero attached hydrogens (tertiary/aromatic N) is 3. The van der Waals surface area contributed by atoms with E-state index in [1.165, 1.54) is 6.20 Å². The average Bonchev–Trinajstić information content (AvgIpc) is 2.90. The number of ether oxygens (including phenoxy) is 1. The van der Waals surface area contributed by atoms with Crippen LogP contribution in [0.15, 0.2) is 6.20 Å². The minimum atomic E-state index is -4.56. The van der Waals surface area contributed by atoms with Gasteiger partial charge in [0, 0.05) is 11.8 Å². The molecular weight excluding hydrogens is 361 g/mol. The molecule has 7 nitrogen and oxygen atoms in total. The molecule has 2 aromatic rings. The molecule has 11 heteroatoms. The van der Waals surface area contributed by atoms with Gasteiger partial charge in [-0.15, -0.1) is 4.68 Å². The zero-order valence-electron chi connectivity index (χ0n) is 13.3. The molecular formula is C14H14F3N4O3S+. The van der Waals surface area contributed by atoms with Gasteiger partial charge in [0.25, 0.3) is 5.69 Å². The molecule has 0 saturated heterocycles. The van der Waals surface area contributed by atoms with E-state index in [0.717, 1.165) is 5.56 Å². The van der Waals surface area contributed by atoms with Gasteiger partial charge in [-0.3, -0.25) is 0 Å². The molecule has 25 heavy (non-hydrogen) atoms. The van der Waals surface area contributed by atoms with Gasteiger partial charge in [0.1, 0.15) is 5.69 Å². The van der Waals surface area contributed by atoms with E-state index >= 15 is 0 Å². The van der Waals surface area contributed by atoms with Crippen molar-refractivity contribution in [2.45, 2.75) is 25.3 Å². The lowest BCUT2D eigenvalue weighted by Crippen LogP contribution is -2.34. The number of halogens is 3. The fraction of sp³-hybridized carbons (Fsp3) is 0.429. The van der Waals surface area contributed by atoms with Crippen molar-refractivity contribution < 1.29 is 31.6 Å². The lowest BCUT2D eigenvalue weighted by molar-refractivity contribution is -0.717. The number of aromatic nitrogens is 4. The fourth-order valence-electron chi connectivity index (χ4n) is 2.69. The molecule has 1 aliphatic carbocycles. The first kappa shape index (κ1) is 17.5. The number of esters is 1. The summed E-state index contributed by atoms with van der Waals surface area (Å²) < 4.78 is 48.0. The quantitative estimate of drug-likeness (QED) is 0.501. The van der Waals surface area contributed by atoms with Gasteiger partial charge in [-0.05, 0) is 19.8 Å². The van der Waals surface area contributed by atoms with Crippen LogP contribution in [-0.2, 0) is 24.6 Å². The largest absolute Gasteiger partial charge is 0.479 e. The highest BCUT2D eigenvalue weighted by Gasteiger charge is 2.36. The summed E-state index contributed by atoms with van der Waals surface area (Å²) in [5, 5.41) is 2.91. The summed E-state index contributed by atoms with van der Waals surface area (Å²) in [5.74, 6) is -0.485. The molecule has 134 valence electrons. The Kier molecular flexibility index (Phi) is 4.58. The zero-order chi connectivity index (χ0) is 18.2. The Bertz CT molecular complexity index is 822. The molecule has 0 radical (unpaired) electrons. The van der Waals surface area contributed by atoms with Gasteiger partial charge in [-0.1, -0.05) is 0 Å². The SMILES string of the molecule is CCOC(=O)c1[nH][n+](C)c2c1CCc1cnc(OSC(F)(F)F)nc1-2. The third-order valence-corrected chi connectivity index (χ3v) is 4.03. The van der Waals surface area contributed by atoms with Crippen LogP contribution < -0.4 is 8.86 Å². The topological polar surface area (TPSA) is 81.0 Å². The molecule has 1 N–H and O–H groups in total. The van der Waals surface area contributed by atoms with E-state index in [9.17, 15) is 18.0 Å². The number of hydrogen-bond donors (Lipinski definition) is 1. The van der Waals surface area contributed by atoms with Crippen LogP contribution in [0.2, 0.25) is 0 Å². The molecule has 0 spiro atoms. The molecule has 0 fully saturated rings. The molecule has 3 rings (SSSR count). The van der Waals surface area contributed by atoms with Gasteiger partial charge in [0.15, 0.2) is 24.8 Å². The van der Waals surface area contributed by atoms with Crippen LogP contribution in [0.1, 0.15) is 28.5 Å². The second-order valence-corrected chi connectivity index (χ2v) is 6.03. The molecule has 0 saturated carbocycles. The molecule has 1 aliphatic rings. The van der Waals surface area contributed by atoms with Gasteiger partial charge in [-0.25, -0.2) is 9.78 Å². The predicted molar refractivity (Wildman–Crippen MR) is 80.6 cm³/mol. The molecule has 0 amide bonds. The number of H-pyrrole nitrogens is 1. The van der Waals surface area contributed by atoms with Crippen LogP contribution in [-0.4, -0.2) is 33.2 Å². The Balaban J connectivity index is 1.98. The number of carbonyl (C=O) groups is 1. The van der Waals surface area contributed by atoms with Crippen LogP contribution in [0.4, 0.5) is 13.2 Å². The standard InChI is InChI=1S/C14H13F3N4O3S/c1-3-23-12(22)10-8-5-4-7-6-18-13(24-25-14(15,16)17)19-9(7)11(8)21(2)20-10/h6H,3-5H2,1-2H3/p+1. The first-order chi connectivity index (χ1) is 11.8. The van der Waals surface area contributed by atoms with E-state index in [2.05, 4.69) is 19.2 Å². The maximum absolute atomic E-state index is 12.3. The molecule has 0 unspecified atom stereocenters. The van der Waals surface area contributed by atoms with E-state index in [4.69, 9.17) is 4.74 Å². The van der Waals surface area contributed by atoms with Crippen molar-refractivity contribution in [3.05, 3.63) is 23.0 Å². The third-order valence-electron chi connectivity index (χ3n) is 3.60. The molecule has 2 heterocycles. The number of alkyl halides is 3. The maximum atomic E-state index is 12.3. The number of rotatable bonds is 4. The monoisotopic (exact) mass is 375 g/mol. The van der Waals surface area contributed by atoms with Gasteiger partial charge < -0.3 is 8.92 Å². The Morgan fingerprint density at radius 3 is 2.88 bits per heavy atom. The Morgan fingerprint density at radius 2 is 2.20 bits per heavy atom. The first-order valence-electron chi connectivity index (χ1n) is 7.37. The van der Waals surface area contributed by atoms with Crippen LogP contribution >= 0.6 is 12.0 Å². The van der Waals surface area contributed by atoms with Gasteiger partial charge in [0.05, 0.1) is 12.2 Å². The number of carbonyl (C=O) groups excluding carboxylic acids is 1. The van der Waals surface area contributed by atoms with Crippen molar-refractivity contribution in [1.82, 2.24) is 15.1 Å². The van der Waals surface area contributed by atoms with Crippen molar-refractivity contribution in [3.8, 4) is 17.4 Å². The normalized spacial score (nSPS) is 13.2. The number of hydrogen-bond acceptors (Lipinski definition) is 6. The lowest BCUT2D eigenvalue weighted by Gasteiger charge is -2.13. The minimum absolute atomic E-state index is 0.238. The summed E-state index contributed by atoms with van der Waals surface area (Å²) in [4.78, 5) is 20.0. The van der Waals surface area contributed by atoms with E-state index in [1.807, 2.05) is 0 Å². The van der Waals surface area contributed by atoms with Crippen molar-refractivity contribution in [1.29, 1.82) is 0 Å². The van der Waals surface area contributed by atoms with Crippen LogP contribution in [0, 0.1) is 0 Å². The van der Waals surface area contributed by atoms with Gasteiger partial charge in [-0.2, -0.15) is 23.3 Å². The first-order valence-corrected chi connectivity index (χ1v) is 8.11. The predicted octanol–water partition coefficient (Wildman–Crippen LogP) is 2.12.